The van der Waals surface area contributed by atoms with Gasteiger partial charge in [-0.05, 0) is 32.9 Å². The van der Waals surface area contributed by atoms with Crippen molar-refractivity contribution in [3.05, 3.63) is 29.6 Å². The molecule has 0 aliphatic rings. The van der Waals surface area contributed by atoms with E-state index in [4.69, 9.17) is 9.47 Å². The number of methoxy groups -OCH3 is 1. The average Bonchev–Trinajstić information content (AvgIpc) is 3.23. The summed E-state index contributed by atoms with van der Waals surface area (Å²) in [7, 11) is 1.40. The second kappa shape index (κ2) is 7.22. The first-order valence-corrected chi connectivity index (χ1v) is 8.49. The number of carbonyl (C=O) groups is 2. The van der Waals surface area contributed by atoms with Crippen LogP contribution >= 0.6 is 0 Å². The van der Waals surface area contributed by atoms with Crippen LogP contribution in [0.3, 0.4) is 0 Å². The zero-order valence-corrected chi connectivity index (χ0v) is 15.9. The van der Waals surface area contributed by atoms with Gasteiger partial charge >= 0.3 is 12.1 Å². The van der Waals surface area contributed by atoms with E-state index < -0.39 is 17.7 Å². The number of benzene rings is 1. The Kier molecular flexibility index (Phi) is 4.95. The first kappa shape index (κ1) is 19.2. The van der Waals surface area contributed by atoms with E-state index in [0.29, 0.717) is 28.4 Å². The standard InChI is InChI=1S/C18H21N5O5/c1-18(2,3)28-17(26)20-8-9-7-19-14(21-9)15-22-11-6-5-10(16(24)25)13(27-4)12(11)23-15/h5-7H,8H2,1-4H3,(H,19,21)(H,20,26)(H,22,23)(H,24,25). The molecule has 28 heavy (non-hydrogen) atoms. The van der Waals surface area contributed by atoms with Crippen LogP contribution in [0.15, 0.2) is 18.3 Å². The van der Waals surface area contributed by atoms with Crippen molar-refractivity contribution in [2.45, 2.75) is 32.9 Å². The quantitative estimate of drug-likeness (QED) is 0.527. The molecule has 1 amide bonds. The first-order valence-electron chi connectivity index (χ1n) is 8.49. The van der Waals surface area contributed by atoms with Crippen LogP contribution in [0.5, 0.6) is 5.75 Å². The van der Waals surface area contributed by atoms with E-state index in [2.05, 4.69) is 25.3 Å². The lowest BCUT2D eigenvalue weighted by Gasteiger charge is -2.19. The predicted octanol–water partition coefficient (Wildman–Crippen LogP) is 2.68. The Labute approximate surface area is 160 Å². The highest BCUT2D eigenvalue weighted by atomic mass is 16.6. The van der Waals surface area contributed by atoms with Crippen molar-refractivity contribution in [3.8, 4) is 17.4 Å². The Balaban J connectivity index is 1.80. The predicted molar refractivity (Wildman–Crippen MR) is 100 cm³/mol. The molecule has 0 radical (unpaired) electrons. The Hall–Kier alpha value is -3.56. The van der Waals surface area contributed by atoms with Crippen molar-refractivity contribution in [1.29, 1.82) is 0 Å². The summed E-state index contributed by atoms with van der Waals surface area (Å²) < 4.78 is 10.4. The molecule has 0 saturated heterocycles. The fourth-order valence-corrected chi connectivity index (χ4v) is 2.59. The van der Waals surface area contributed by atoms with Crippen LogP contribution in [0, 0.1) is 0 Å². The number of hydrogen-bond donors (Lipinski definition) is 4. The second-order valence-corrected chi connectivity index (χ2v) is 7.03. The summed E-state index contributed by atoms with van der Waals surface area (Å²) in [5.74, 6) is -0.0407. The molecule has 0 aliphatic heterocycles. The van der Waals surface area contributed by atoms with Crippen molar-refractivity contribution in [2.75, 3.05) is 7.11 Å². The van der Waals surface area contributed by atoms with Crippen LogP contribution in [0.1, 0.15) is 36.8 Å². The van der Waals surface area contributed by atoms with Crippen molar-refractivity contribution in [2.24, 2.45) is 0 Å². The maximum absolute atomic E-state index is 11.7. The number of aromatic amines is 2. The lowest BCUT2D eigenvalue weighted by atomic mass is 10.2. The van der Waals surface area contributed by atoms with Crippen molar-refractivity contribution in [3.63, 3.8) is 0 Å². The second-order valence-electron chi connectivity index (χ2n) is 7.03. The third-order valence-corrected chi connectivity index (χ3v) is 3.71. The third-order valence-electron chi connectivity index (χ3n) is 3.71. The van der Waals surface area contributed by atoms with E-state index >= 15 is 0 Å². The number of alkyl carbamates (subject to hydrolysis) is 1. The van der Waals surface area contributed by atoms with Gasteiger partial charge in [-0.25, -0.2) is 19.6 Å². The molecule has 2 heterocycles. The maximum atomic E-state index is 11.7. The minimum atomic E-state index is -1.09. The molecule has 4 N–H and O–H groups in total. The number of aromatic carboxylic acids is 1. The normalized spacial score (nSPS) is 11.4. The van der Waals surface area contributed by atoms with Gasteiger partial charge in [0.2, 0.25) is 0 Å². The third kappa shape index (κ3) is 4.05. The highest BCUT2D eigenvalue weighted by Gasteiger charge is 2.19. The fourth-order valence-electron chi connectivity index (χ4n) is 2.59. The molecule has 148 valence electrons. The number of amides is 1. The number of fused-ring (bicyclic) bond motifs is 1. The van der Waals surface area contributed by atoms with E-state index in [0.717, 1.165) is 0 Å². The van der Waals surface area contributed by atoms with E-state index in [-0.39, 0.29) is 17.9 Å². The minimum Gasteiger partial charge on any atom is -0.494 e. The van der Waals surface area contributed by atoms with Gasteiger partial charge in [-0.3, -0.25) is 0 Å². The molecule has 0 fully saturated rings. The summed E-state index contributed by atoms with van der Waals surface area (Å²) in [6, 6.07) is 3.03. The van der Waals surface area contributed by atoms with Crippen molar-refractivity contribution in [1.82, 2.24) is 25.3 Å². The zero-order valence-electron chi connectivity index (χ0n) is 15.9. The van der Waals surface area contributed by atoms with Gasteiger partial charge in [0.1, 0.15) is 16.7 Å². The Morgan fingerprint density at radius 3 is 2.61 bits per heavy atom. The Morgan fingerprint density at radius 1 is 1.21 bits per heavy atom. The summed E-state index contributed by atoms with van der Waals surface area (Å²) in [5, 5.41) is 11.9. The summed E-state index contributed by atoms with van der Waals surface area (Å²) in [6.45, 7) is 5.53. The van der Waals surface area contributed by atoms with E-state index in [1.807, 2.05) is 0 Å². The van der Waals surface area contributed by atoms with Crippen LogP contribution in [0.4, 0.5) is 4.79 Å². The summed E-state index contributed by atoms with van der Waals surface area (Å²) in [5.41, 5.74) is 1.04. The van der Waals surface area contributed by atoms with Crippen LogP contribution in [0.2, 0.25) is 0 Å². The minimum absolute atomic E-state index is 0.0342. The molecular weight excluding hydrogens is 366 g/mol. The van der Waals surface area contributed by atoms with E-state index in [9.17, 15) is 14.7 Å². The average molecular weight is 387 g/mol. The number of carboxylic acids is 1. The molecule has 3 aromatic rings. The summed E-state index contributed by atoms with van der Waals surface area (Å²) in [4.78, 5) is 37.9. The van der Waals surface area contributed by atoms with Gasteiger partial charge in [-0.1, -0.05) is 0 Å². The van der Waals surface area contributed by atoms with Crippen LogP contribution < -0.4 is 10.1 Å². The molecule has 0 saturated carbocycles. The summed E-state index contributed by atoms with van der Waals surface area (Å²) in [6.07, 6.45) is 1.10. The van der Waals surface area contributed by atoms with Crippen LogP contribution in [-0.4, -0.2) is 49.8 Å². The van der Waals surface area contributed by atoms with Crippen LogP contribution in [0.25, 0.3) is 22.7 Å². The number of nitrogens with one attached hydrogen (secondary N) is 3. The lowest BCUT2D eigenvalue weighted by Crippen LogP contribution is -2.32. The number of aromatic nitrogens is 4. The molecule has 0 spiro atoms. The number of carboxylic acid groups (broad SMARTS) is 1. The van der Waals surface area contributed by atoms with Gasteiger partial charge in [-0.15, -0.1) is 0 Å². The number of ether oxygens (including phenoxy) is 2. The molecule has 3 rings (SSSR count). The highest BCUT2D eigenvalue weighted by Crippen LogP contribution is 2.30. The molecule has 10 nitrogen and oxygen atoms in total. The van der Waals surface area contributed by atoms with Crippen LogP contribution in [-0.2, 0) is 11.3 Å². The zero-order chi connectivity index (χ0) is 20.5. The van der Waals surface area contributed by atoms with Gasteiger partial charge in [-0.2, -0.15) is 0 Å². The molecular formula is C18H21N5O5. The van der Waals surface area contributed by atoms with E-state index in [1.54, 1.807) is 33.0 Å². The molecule has 0 unspecified atom stereocenters. The fraction of sp³-hybridized carbons (Fsp3) is 0.333. The Morgan fingerprint density at radius 2 is 1.96 bits per heavy atom. The van der Waals surface area contributed by atoms with Gasteiger partial charge in [0, 0.05) is 6.20 Å². The van der Waals surface area contributed by atoms with Crippen molar-refractivity contribution < 1.29 is 24.2 Å². The van der Waals surface area contributed by atoms with Gasteiger partial charge in [0.05, 0.1) is 24.9 Å². The number of imidazole rings is 2. The Bertz CT molecular complexity index is 1030. The lowest BCUT2D eigenvalue weighted by molar-refractivity contribution is 0.0522. The largest absolute Gasteiger partial charge is 0.494 e. The summed E-state index contributed by atoms with van der Waals surface area (Å²) >= 11 is 0. The monoisotopic (exact) mass is 387 g/mol. The molecule has 2 aromatic heterocycles. The number of H-pyrrole nitrogens is 2. The molecule has 0 aliphatic carbocycles. The van der Waals surface area contributed by atoms with Gasteiger partial charge in [0.25, 0.3) is 0 Å². The molecule has 10 heteroatoms. The maximum Gasteiger partial charge on any atom is 0.407 e. The van der Waals surface area contributed by atoms with Gasteiger partial charge < -0.3 is 29.9 Å². The smallest absolute Gasteiger partial charge is 0.407 e. The first-order chi connectivity index (χ1) is 13.2. The molecule has 1 aromatic carbocycles. The number of carbonyl (C=O) groups excluding carboxylic acids is 1. The molecule has 0 atom stereocenters. The SMILES string of the molecule is COc1c(C(=O)O)ccc2nc(-c3nc(CNC(=O)OC(C)(C)C)c[nH]3)[nH]c12. The number of nitrogens with zero attached hydrogens (tertiary/aromatic N) is 2. The van der Waals surface area contributed by atoms with Crippen molar-refractivity contribution >= 4 is 23.1 Å². The van der Waals surface area contributed by atoms with E-state index in [1.165, 1.54) is 13.2 Å². The van der Waals surface area contributed by atoms with Gasteiger partial charge in [0.15, 0.2) is 17.4 Å². The molecule has 0 bridgehead atoms. The highest BCUT2D eigenvalue weighted by molar-refractivity contribution is 5.98. The number of rotatable bonds is 5. The topological polar surface area (TPSA) is 142 Å². The number of hydrogen-bond acceptors (Lipinski definition) is 6.